The summed E-state index contributed by atoms with van der Waals surface area (Å²) in [5.74, 6) is 0.554. The molecule has 0 saturated carbocycles. The molecule has 1 atom stereocenters. The summed E-state index contributed by atoms with van der Waals surface area (Å²) >= 11 is 0. The second-order valence-corrected chi connectivity index (χ2v) is 3.51. The molecule has 0 aromatic carbocycles. The van der Waals surface area contributed by atoms with E-state index in [-0.39, 0.29) is 6.10 Å². The van der Waals surface area contributed by atoms with E-state index >= 15 is 0 Å². The first-order valence-corrected chi connectivity index (χ1v) is 4.64. The highest BCUT2D eigenvalue weighted by atomic mass is 16.3. The highest BCUT2D eigenvalue weighted by Gasteiger charge is 2.21. The van der Waals surface area contributed by atoms with Crippen LogP contribution in [0.5, 0.6) is 0 Å². The minimum atomic E-state index is -0.103. The number of likely N-dealkylation sites (tertiary alicyclic amines) is 1. The molecule has 11 heavy (non-hydrogen) atoms. The number of hydrogen-bond donors (Lipinski definition) is 1. The van der Waals surface area contributed by atoms with Crippen LogP contribution in [0.15, 0.2) is 0 Å². The monoisotopic (exact) mass is 157 g/mol. The molecule has 1 heterocycles. The van der Waals surface area contributed by atoms with Gasteiger partial charge in [0.15, 0.2) is 0 Å². The molecular formula is C9H19NO. The molecule has 1 aliphatic heterocycles. The van der Waals surface area contributed by atoms with Crippen LogP contribution < -0.4 is 0 Å². The summed E-state index contributed by atoms with van der Waals surface area (Å²) in [5, 5.41) is 9.32. The molecule has 66 valence electrons. The lowest BCUT2D eigenvalue weighted by Gasteiger charge is -2.32. The minimum Gasteiger partial charge on any atom is -0.393 e. The van der Waals surface area contributed by atoms with Gasteiger partial charge < -0.3 is 10.0 Å². The number of piperidine rings is 1. The quantitative estimate of drug-likeness (QED) is 0.649. The highest BCUT2D eigenvalue weighted by molar-refractivity contribution is 4.74. The number of aliphatic hydroxyl groups excluding tert-OH is 1. The number of nitrogens with zero attached hydrogens (tertiary/aromatic N) is 1. The third kappa shape index (κ3) is 2.46. The van der Waals surface area contributed by atoms with Gasteiger partial charge in [-0.1, -0.05) is 6.92 Å². The van der Waals surface area contributed by atoms with Crippen LogP contribution >= 0.6 is 0 Å². The van der Waals surface area contributed by atoms with Crippen LogP contribution in [0, 0.1) is 5.92 Å². The average molecular weight is 157 g/mol. The molecule has 1 rings (SSSR count). The molecule has 0 aromatic rings. The molecule has 1 fully saturated rings. The van der Waals surface area contributed by atoms with Crippen LogP contribution in [0.25, 0.3) is 0 Å². The number of rotatable bonds is 2. The smallest absolute Gasteiger partial charge is 0.0541 e. The molecule has 1 saturated heterocycles. The van der Waals surface area contributed by atoms with Gasteiger partial charge in [0.2, 0.25) is 0 Å². The van der Waals surface area contributed by atoms with Crippen molar-refractivity contribution in [3.05, 3.63) is 0 Å². The van der Waals surface area contributed by atoms with E-state index in [0.717, 1.165) is 6.54 Å². The fourth-order valence-electron chi connectivity index (χ4n) is 1.75. The Kier molecular flexibility index (Phi) is 3.34. The van der Waals surface area contributed by atoms with Gasteiger partial charge in [-0.25, -0.2) is 0 Å². The summed E-state index contributed by atoms with van der Waals surface area (Å²) in [6.07, 6.45) is 2.24. The van der Waals surface area contributed by atoms with Crippen molar-refractivity contribution >= 4 is 0 Å². The summed E-state index contributed by atoms with van der Waals surface area (Å²) in [5.41, 5.74) is 0. The Morgan fingerprint density at radius 2 is 2.00 bits per heavy atom. The van der Waals surface area contributed by atoms with E-state index in [1.807, 2.05) is 6.92 Å². The molecule has 0 radical (unpaired) electrons. The molecule has 1 N–H and O–H groups in total. The summed E-state index contributed by atoms with van der Waals surface area (Å²) < 4.78 is 0. The Hall–Kier alpha value is -0.0800. The van der Waals surface area contributed by atoms with Crippen molar-refractivity contribution in [1.82, 2.24) is 4.90 Å². The van der Waals surface area contributed by atoms with Crippen molar-refractivity contribution in [3.8, 4) is 0 Å². The van der Waals surface area contributed by atoms with Crippen LogP contribution in [0.1, 0.15) is 26.7 Å². The molecule has 0 aliphatic carbocycles. The van der Waals surface area contributed by atoms with E-state index in [9.17, 15) is 5.11 Å². The Balaban J connectivity index is 2.24. The Morgan fingerprint density at radius 3 is 2.36 bits per heavy atom. The summed E-state index contributed by atoms with van der Waals surface area (Å²) in [7, 11) is 0. The maximum atomic E-state index is 9.32. The fraction of sp³-hybridized carbons (Fsp3) is 1.00. The number of hydrogen-bond acceptors (Lipinski definition) is 2. The molecule has 0 bridgehead atoms. The minimum absolute atomic E-state index is 0.103. The topological polar surface area (TPSA) is 23.5 Å². The maximum absolute atomic E-state index is 9.32. The second kappa shape index (κ2) is 4.07. The zero-order valence-electron chi connectivity index (χ0n) is 7.58. The third-order valence-corrected chi connectivity index (χ3v) is 2.76. The first-order valence-electron chi connectivity index (χ1n) is 4.64. The summed E-state index contributed by atoms with van der Waals surface area (Å²) in [6.45, 7) is 7.61. The molecule has 0 amide bonds. The largest absolute Gasteiger partial charge is 0.393 e. The van der Waals surface area contributed by atoms with Crippen molar-refractivity contribution in [2.24, 2.45) is 5.92 Å². The van der Waals surface area contributed by atoms with Gasteiger partial charge in [-0.2, -0.15) is 0 Å². The van der Waals surface area contributed by atoms with E-state index in [1.54, 1.807) is 0 Å². The lowest BCUT2D eigenvalue weighted by atomic mass is 9.92. The van der Waals surface area contributed by atoms with Gasteiger partial charge in [-0.15, -0.1) is 0 Å². The van der Waals surface area contributed by atoms with Crippen LogP contribution in [0.2, 0.25) is 0 Å². The van der Waals surface area contributed by atoms with E-state index in [1.165, 1.54) is 25.9 Å². The fourth-order valence-corrected chi connectivity index (χ4v) is 1.75. The second-order valence-electron chi connectivity index (χ2n) is 3.51. The normalized spacial score (nSPS) is 25.4. The summed E-state index contributed by atoms with van der Waals surface area (Å²) in [6, 6.07) is 0. The summed E-state index contributed by atoms with van der Waals surface area (Å²) in [4.78, 5) is 2.44. The zero-order chi connectivity index (χ0) is 8.27. The van der Waals surface area contributed by atoms with Crippen molar-refractivity contribution in [2.45, 2.75) is 32.8 Å². The van der Waals surface area contributed by atoms with Gasteiger partial charge in [0, 0.05) is 0 Å². The van der Waals surface area contributed by atoms with Crippen LogP contribution in [-0.2, 0) is 0 Å². The van der Waals surface area contributed by atoms with Gasteiger partial charge in [-0.3, -0.25) is 0 Å². The van der Waals surface area contributed by atoms with Crippen LogP contribution in [-0.4, -0.2) is 35.7 Å². The van der Waals surface area contributed by atoms with Gasteiger partial charge in [0.25, 0.3) is 0 Å². The van der Waals surface area contributed by atoms with E-state index in [0.29, 0.717) is 5.92 Å². The van der Waals surface area contributed by atoms with Crippen molar-refractivity contribution in [2.75, 3.05) is 19.6 Å². The van der Waals surface area contributed by atoms with Crippen LogP contribution in [0.3, 0.4) is 0 Å². The first-order chi connectivity index (χ1) is 5.24. The molecule has 2 nitrogen and oxygen atoms in total. The highest BCUT2D eigenvalue weighted by Crippen LogP contribution is 2.19. The molecule has 1 aliphatic rings. The van der Waals surface area contributed by atoms with Crippen molar-refractivity contribution in [1.29, 1.82) is 0 Å². The van der Waals surface area contributed by atoms with E-state index in [2.05, 4.69) is 11.8 Å². The molecule has 0 aromatic heterocycles. The lowest BCUT2D eigenvalue weighted by Crippen LogP contribution is -2.36. The van der Waals surface area contributed by atoms with Crippen LogP contribution in [0.4, 0.5) is 0 Å². The van der Waals surface area contributed by atoms with Crippen molar-refractivity contribution < 1.29 is 5.11 Å². The third-order valence-electron chi connectivity index (χ3n) is 2.76. The van der Waals surface area contributed by atoms with Gasteiger partial charge in [-0.05, 0) is 45.3 Å². The Morgan fingerprint density at radius 1 is 1.45 bits per heavy atom. The van der Waals surface area contributed by atoms with E-state index in [4.69, 9.17) is 0 Å². The molecule has 2 heteroatoms. The lowest BCUT2D eigenvalue weighted by molar-refractivity contribution is 0.0737. The SMILES string of the molecule is CCN1CCC(C(C)O)CC1. The first kappa shape index (κ1) is 9.01. The van der Waals surface area contributed by atoms with Gasteiger partial charge in [0.05, 0.1) is 6.10 Å². The van der Waals surface area contributed by atoms with Crippen molar-refractivity contribution in [3.63, 3.8) is 0 Å². The Bertz CT molecular complexity index is 106. The molecule has 1 unspecified atom stereocenters. The predicted octanol–water partition coefficient (Wildman–Crippen LogP) is 1.10. The predicted molar refractivity (Wildman–Crippen MR) is 46.5 cm³/mol. The standard InChI is InChI=1S/C9H19NO/c1-3-10-6-4-9(5-7-10)8(2)11/h8-9,11H,3-7H2,1-2H3. The maximum Gasteiger partial charge on any atom is 0.0541 e. The average Bonchev–Trinajstić information content (AvgIpc) is 2.05. The Labute approximate surface area is 69.2 Å². The molecular weight excluding hydrogens is 138 g/mol. The number of aliphatic hydroxyl groups is 1. The molecule has 0 spiro atoms. The van der Waals surface area contributed by atoms with Gasteiger partial charge >= 0.3 is 0 Å². The van der Waals surface area contributed by atoms with Gasteiger partial charge in [0.1, 0.15) is 0 Å². The zero-order valence-corrected chi connectivity index (χ0v) is 7.58. The van der Waals surface area contributed by atoms with E-state index < -0.39 is 0 Å².